The number of methoxy groups -OCH3 is 1. The molecule has 3 aromatic carbocycles. The predicted octanol–water partition coefficient (Wildman–Crippen LogP) is 12.3. The van der Waals surface area contributed by atoms with Gasteiger partial charge in [-0.15, -0.1) is 6.58 Å². The third-order valence-corrected chi connectivity index (χ3v) is 14.1. The first-order valence-corrected chi connectivity index (χ1v) is 25.7. The van der Waals surface area contributed by atoms with Crippen molar-refractivity contribution in [3.8, 4) is 23.0 Å². The van der Waals surface area contributed by atoms with Crippen LogP contribution in [0.2, 0.25) is 0 Å². The number of carbonyl (C=O) groups is 2. The van der Waals surface area contributed by atoms with Crippen LogP contribution in [-0.4, -0.2) is 78.3 Å². The number of nitrogens with zero attached hydrogens (tertiary/aromatic N) is 2. The molecule has 3 aliphatic rings. The second-order valence-electron chi connectivity index (χ2n) is 18.8. The average Bonchev–Trinajstić information content (AvgIpc) is 3.36. The highest BCUT2D eigenvalue weighted by molar-refractivity contribution is 6.03. The summed E-state index contributed by atoms with van der Waals surface area (Å²) in [5.41, 5.74) is 4.09. The van der Waals surface area contributed by atoms with Crippen molar-refractivity contribution in [3.05, 3.63) is 108 Å². The van der Waals surface area contributed by atoms with Crippen molar-refractivity contribution in [3.63, 3.8) is 0 Å². The van der Waals surface area contributed by atoms with Crippen LogP contribution in [0.25, 0.3) is 0 Å². The van der Waals surface area contributed by atoms with E-state index < -0.39 is 17.7 Å². The molecular formula is C57H78N2O9. The number of hydrogen-bond donors (Lipinski definition) is 2. The predicted molar refractivity (Wildman–Crippen MR) is 268 cm³/mol. The SMILES string of the molecule is C=CCO[C@@]12Oc3ccc(Oc4ccc(OC)c(C=O)c4)cc3[C@H]3[C@H](CCCCO)[C@@H](CCCCO)C=C(C(=NOCc4ccccc4)C[C@@H]1N(CCC)C(=O)CCCCCCCCCCC)[C@H]32. The van der Waals surface area contributed by atoms with Gasteiger partial charge in [-0.05, 0) is 97.9 Å². The molecule has 370 valence electrons. The zero-order valence-corrected chi connectivity index (χ0v) is 41.1. The first kappa shape index (κ1) is 52.4. The Morgan fingerprint density at radius 3 is 2.26 bits per heavy atom. The number of unbranched alkanes of at least 4 members (excludes halogenated alkanes) is 10. The summed E-state index contributed by atoms with van der Waals surface area (Å²) in [4.78, 5) is 35.2. The molecule has 0 saturated heterocycles. The number of hydrogen-bond acceptors (Lipinski definition) is 10. The Morgan fingerprint density at radius 1 is 0.868 bits per heavy atom. The maximum Gasteiger partial charge on any atom is 0.239 e. The Labute approximate surface area is 405 Å². The summed E-state index contributed by atoms with van der Waals surface area (Å²) in [6.07, 6.45) is 21.5. The van der Waals surface area contributed by atoms with Gasteiger partial charge in [0, 0.05) is 44.1 Å². The highest BCUT2D eigenvalue weighted by Gasteiger charge is 2.65. The molecule has 3 aromatic rings. The molecule has 11 heteroatoms. The Morgan fingerprint density at radius 2 is 1.57 bits per heavy atom. The van der Waals surface area contributed by atoms with E-state index in [1.54, 1.807) is 24.3 Å². The van der Waals surface area contributed by atoms with Gasteiger partial charge in [0.25, 0.3) is 0 Å². The molecule has 0 unspecified atom stereocenters. The lowest BCUT2D eigenvalue weighted by Gasteiger charge is -2.60. The van der Waals surface area contributed by atoms with Gasteiger partial charge in [0.1, 0.15) is 35.6 Å². The van der Waals surface area contributed by atoms with Gasteiger partial charge < -0.3 is 38.9 Å². The topological polar surface area (TPSA) is 136 Å². The number of ether oxygens (including phenoxy) is 4. The van der Waals surface area contributed by atoms with Crippen molar-refractivity contribution in [2.24, 2.45) is 22.9 Å². The van der Waals surface area contributed by atoms with Crippen molar-refractivity contribution in [1.82, 2.24) is 4.90 Å². The van der Waals surface area contributed by atoms with Crippen LogP contribution in [0.3, 0.4) is 0 Å². The van der Waals surface area contributed by atoms with Gasteiger partial charge in [-0.25, -0.2) is 0 Å². The van der Waals surface area contributed by atoms with Crippen LogP contribution in [0.1, 0.15) is 157 Å². The van der Waals surface area contributed by atoms with Crippen LogP contribution in [0.15, 0.2) is 96.2 Å². The van der Waals surface area contributed by atoms with Crippen molar-refractivity contribution in [2.75, 3.05) is 33.5 Å². The van der Waals surface area contributed by atoms with Gasteiger partial charge in [-0.3, -0.25) is 9.59 Å². The maximum absolute atomic E-state index is 14.9. The van der Waals surface area contributed by atoms with E-state index in [0.29, 0.717) is 60.8 Å². The van der Waals surface area contributed by atoms with Crippen molar-refractivity contribution >= 4 is 17.9 Å². The number of benzene rings is 3. The normalized spacial score (nSPS) is 22.0. The smallest absolute Gasteiger partial charge is 0.239 e. The van der Waals surface area contributed by atoms with Gasteiger partial charge in [0.2, 0.25) is 11.7 Å². The maximum atomic E-state index is 14.9. The molecule has 11 nitrogen and oxygen atoms in total. The lowest BCUT2D eigenvalue weighted by atomic mass is 9.55. The minimum Gasteiger partial charge on any atom is -0.496 e. The van der Waals surface area contributed by atoms with E-state index in [1.807, 2.05) is 47.4 Å². The number of fused-ring (bicyclic) bond motifs is 2. The lowest BCUT2D eigenvalue weighted by Crippen LogP contribution is -2.70. The lowest BCUT2D eigenvalue weighted by molar-refractivity contribution is -0.257. The molecule has 2 N–H and O–H groups in total. The van der Waals surface area contributed by atoms with Crippen LogP contribution in [0.4, 0.5) is 0 Å². The number of aliphatic hydroxyl groups excluding tert-OH is 2. The number of amides is 1. The fourth-order valence-electron chi connectivity index (χ4n) is 10.9. The van der Waals surface area contributed by atoms with Crippen LogP contribution in [0.5, 0.6) is 23.0 Å². The van der Waals surface area contributed by atoms with E-state index >= 15 is 0 Å². The summed E-state index contributed by atoms with van der Waals surface area (Å²) in [5.74, 6) is 0.434. The van der Waals surface area contributed by atoms with E-state index in [9.17, 15) is 19.8 Å². The Bertz CT molecular complexity index is 2100. The van der Waals surface area contributed by atoms with Crippen LogP contribution >= 0.6 is 0 Å². The molecule has 68 heavy (non-hydrogen) atoms. The summed E-state index contributed by atoms with van der Waals surface area (Å²) in [6, 6.07) is 20.5. The molecule has 1 amide bonds. The number of aldehydes is 1. The van der Waals surface area contributed by atoms with Gasteiger partial charge in [0.05, 0.1) is 30.9 Å². The molecule has 0 bridgehead atoms. The summed E-state index contributed by atoms with van der Waals surface area (Å²) >= 11 is 0. The highest BCUT2D eigenvalue weighted by atomic mass is 16.7. The average molecular weight is 935 g/mol. The monoisotopic (exact) mass is 935 g/mol. The third kappa shape index (κ3) is 13.2. The first-order chi connectivity index (χ1) is 33.4. The van der Waals surface area contributed by atoms with Gasteiger partial charge in [0.15, 0.2) is 6.29 Å². The minimum absolute atomic E-state index is 0.0591. The number of allylic oxidation sites excluding steroid dienone is 1. The number of carbonyl (C=O) groups excluding carboxylic acids is 2. The van der Waals surface area contributed by atoms with Crippen molar-refractivity contribution in [1.29, 1.82) is 0 Å². The fourth-order valence-corrected chi connectivity index (χ4v) is 10.9. The van der Waals surface area contributed by atoms with Crippen LogP contribution in [-0.2, 0) is 21.0 Å². The molecule has 0 spiro atoms. The van der Waals surface area contributed by atoms with E-state index in [4.69, 9.17) is 28.9 Å². The molecular weight excluding hydrogens is 857 g/mol. The van der Waals surface area contributed by atoms with Crippen molar-refractivity contribution in [2.45, 2.75) is 154 Å². The van der Waals surface area contributed by atoms with E-state index in [1.165, 1.54) is 45.6 Å². The fraction of sp³-hybridized carbons (Fsp3) is 0.561. The highest BCUT2D eigenvalue weighted by Crippen LogP contribution is 2.62. The minimum atomic E-state index is -1.33. The number of oxime groups is 1. The third-order valence-electron chi connectivity index (χ3n) is 14.1. The second kappa shape index (κ2) is 27.3. The zero-order chi connectivity index (χ0) is 48.1. The molecule has 1 aliphatic heterocycles. The van der Waals surface area contributed by atoms with Gasteiger partial charge in [-0.1, -0.05) is 126 Å². The Balaban J connectivity index is 1.48. The van der Waals surface area contributed by atoms with Crippen molar-refractivity contribution < 1.29 is 43.6 Å². The number of rotatable bonds is 31. The summed E-state index contributed by atoms with van der Waals surface area (Å²) in [5, 5.41) is 25.1. The van der Waals surface area contributed by atoms with Crippen LogP contribution in [0, 0.1) is 17.8 Å². The molecule has 6 rings (SSSR count). The molecule has 1 fully saturated rings. The Kier molecular flexibility index (Phi) is 21.0. The molecule has 1 saturated carbocycles. The summed E-state index contributed by atoms with van der Waals surface area (Å²) in [7, 11) is 1.53. The molecule has 0 aromatic heterocycles. The molecule has 6 atom stereocenters. The van der Waals surface area contributed by atoms with E-state index in [2.05, 4.69) is 32.6 Å². The molecule has 1 heterocycles. The zero-order valence-electron chi connectivity index (χ0n) is 41.1. The summed E-state index contributed by atoms with van der Waals surface area (Å²) in [6.45, 7) is 9.65. The largest absolute Gasteiger partial charge is 0.496 e. The number of aliphatic hydroxyl groups is 2. The second-order valence-corrected chi connectivity index (χ2v) is 18.8. The Hall–Kier alpha value is -4.97. The molecule has 0 radical (unpaired) electrons. The standard InChI is InChI=1S/C57H78N2O9/c1-5-8-9-10-11-12-13-14-18-27-54(63)59(32-6-2)53-39-50(58-66-41-42-23-16-15-17-24-42)48-37-43(25-19-21-33-60)47(26-20-22-34-61)55-49-38-46(67-45-28-30-51(64-4)44(36-45)40-62)29-31-52(49)68-57(53,56(48)55)65-35-7-3/h7,15-17,23-24,28-31,36-38,40,43,47,53,55-56,60-61H,3,5-6,8-14,18-22,25-27,32-35,39,41H2,1-2,4H3/t43-,47+,53-,55+,56+,57+/m0/s1. The van der Waals surface area contributed by atoms with Gasteiger partial charge in [-0.2, -0.15) is 0 Å². The summed E-state index contributed by atoms with van der Waals surface area (Å²) < 4.78 is 26.6. The molecule has 2 aliphatic carbocycles. The first-order valence-electron chi connectivity index (χ1n) is 25.7. The van der Waals surface area contributed by atoms with Gasteiger partial charge >= 0.3 is 0 Å². The van der Waals surface area contributed by atoms with E-state index in [0.717, 1.165) is 80.1 Å². The quantitative estimate of drug-likeness (QED) is 0.0280. The van der Waals surface area contributed by atoms with E-state index in [-0.39, 0.29) is 50.1 Å². The van der Waals surface area contributed by atoms with Crippen LogP contribution < -0.4 is 14.2 Å².